The number of ether oxygens (including phenoxy) is 1. The summed E-state index contributed by atoms with van der Waals surface area (Å²) in [6.07, 6.45) is 0.0320. The molecule has 1 unspecified atom stereocenters. The molecule has 2 aromatic rings. The van der Waals surface area contributed by atoms with Crippen molar-refractivity contribution in [1.29, 1.82) is 0 Å². The van der Waals surface area contributed by atoms with Gasteiger partial charge in [0.15, 0.2) is 8.32 Å². The second-order valence-corrected chi connectivity index (χ2v) is 14.1. The molecule has 0 heterocycles. The molecule has 0 spiro atoms. The van der Waals surface area contributed by atoms with Crippen LogP contribution in [0.15, 0.2) is 42.5 Å². The molecule has 0 amide bonds. The largest absolute Gasteiger partial charge is 0.489 e. The number of hydrogen-bond donors (Lipinski definition) is 1. The lowest BCUT2D eigenvalue weighted by atomic mass is 10.1. The van der Waals surface area contributed by atoms with Crippen molar-refractivity contribution in [2.75, 3.05) is 6.61 Å². The molecular weight excluding hydrogens is 411 g/mol. The second-order valence-electron chi connectivity index (χ2n) is 8.52. The van der Waals surface area contributed by atoms with E-state index in [1.807, 2.05) is 30.3 Å². The first-order valence-electron chi connectivity index (χ1n) is 9.48. The highest BCUT2D eigenvalue weighted by Gasteiger charge is 2.37. The van der Waals surface area contributed by atoms with E-state index in [2.05, 4.69) is 33.9 Å². The summed E-state index contributed by atoms with van der Waals surface area (Å²) in [5.74, 6) is 0.736. The van der Waals surface area contributed by atoms with E-state index in [1.165, 1.54) is 0 Å². The van der Waals surface area contributed by atoms with Crippen LogP contribution in [0, 0.1) is 0 Å². The van der Waals surface area contributed by atoms with E-state index in [0.29, 0.717) is 29.7 Å². The van der Waals surface area contributed by atoms with Crippen molar-refractivity contribution in [3.05, 3.63) is 63.6 Å². The summed E-state index contributed by atoms with van der Waals surface area (Å²) in [6, 6.07) is 12.9. The van der Waals surface area contributed by atoms with Gasteiger partial charge in [-0.25, -0.2) is 0 Å². The highest BCUT2D eigenvalue weighted by Crippen LogP contribution is 2.37. The Labute approximate surface area is 179 Å². The molecule has 1 atom stereocenters. The molecular formula is C22H30Cl2O3Si. The molecule has 0 aliphatic carbocycles. The van der Waals surface area contributed by atoms with Crippen LogP contribution in [0.3, 0.4) is 0 Å². The molecule has 0 saturated heterocycles. The lowest BCUT2D eigenvalue weighted by Gasteiger charge is -2.36. The topological polar surface area (TPSA) is 38.7 Å². The molecule has 0 aliphatic rings. The first-order valence-corrected chi connectivity index (χ1v) is 13.1. The highest BCUT2D eigenvalue weighted by molar-refractivity contribution is 6.74. The third-order valence-electron chi connectivity index (χ3n) is 5.31. The van der Waals surface area contributed by atoms with Gasteiger partial charge in [-0.15, -0.1) is 0 Å². The van der Waals surface area contributed by atoms with Gasteiger partial charge in [0.25, 0.3) is 0 Å². The van der Waals surface area contributed by atoms with E-state index in [9.17, 15) is 5.11 Å². The lowest BCUT2D eigenvalue weighted by Crippen LogP contribution is -2.41. The van der Waals surface area contributed by atoms with Crippen LogP contribution in [-0.4, -0.2) is 20.0 Å². The summed E-state index contributed by atoms with van der Waals surface area (Å²) in [7, 11) is -1.78. The molecule has 0 radical (unpaired) electrons. The van der Waals surface area contributed by atoms with Crippen LogP contribution in [0.1, 0.15) is 44.4 Å². The van der Waals surface area contributed by atoms with Gasteiger partial charge in [0.1, 0.15) is 12.4 Å². The maximum atomic E-state index is 10.4. The zero-order valence-electron chi connectivity index (χ0n) is 17.3. The van der Waals surface area contributed by atoms with Gasteiger partial charge in [-0.05, 0) is 59.9 Å². The van der Waals surface area contributed by atoms with Gasteiger partial charge in [-0.2, -0.15) is 0 Å². The van der Waals surface area contributed by atoms with E-state index >= 15 is 0 Å². The first-order chi connectivity index (χ1) is 13.0. The Balaban J connectivity index is 1.85. The average molecular weight is 441 g/mol. The Morgan fingerprint density at radius 2 is 1.64 bits per heavy atom. The molecule has 0 saturated carbocycles. The van der Waals surface area contributed by atoms with Crippen LogP contribution < -0.4 is 4.74 Å². The Bertz CT molecular complexity index is 770. The molecule has 3 nitrogen and oxygen atoms in total. The summed E-state index contributed by atoms with van der Waals surface area (Å²) in [5.41, 5.74) is 1.81. The number of rotatable bonds is 8. The number of aliphatic hydroxyl groups is 1. The minimum Gasteiger partial charge on any atom is -0.489 e. The fourth-order valence-electron chi connectivity index (χ4n) is 2.39. The van der Waals surface area contributed by atoms with Crippen LogP contribution in [0.5, 0.6) is 5.75 Å². The van der Waals surface area contributed by atoms with Crippen LogP contribution >= 0.6 is 23.2 Å². The van der Waals surface area contributed by atoms with Crippen molar-refractivity contribution in [1.82, 2.24) is 0 Å². The summed E-state index contributed by atoms with van der Waals surface area (Å²) in [5, 5.41) is 11.7. The van der Waals surface area contributed by atoms with E-state index in [4.69, 9.17) is 32.4 Å². The predicted octanol–water partition coefficient (Wildman–Crippen LogP) is 7.02. The van der Waals surface area contributed by atoms with Gasteiger partial charge >= 0.3 is 0 Å². The Kier molecular flexibility index (Phi) is 8.00. The van der Waals surface area contributed by atoms with Gasteiger partial charge in [-0.3, -0.25) is 0 Å². The van der Waals surface area contributed by atoms with Crippen LogP contribution in [-0.2, 0) is 11.0 Å². The fourth-order valence-corrected chi connectivity index (χ4v) is 3.77. The highest BCUT2D eigenvalue weighted by atomic mass is 35.5. The molecule has 0 aromatic heterocycles. The first kappa shape index (κ1) is 23.2. The van der Waals surface area contributed by atoms with Gasteiger partial charge in [0.2, 0.25) is 0 Å². The van der Waals surface area contributed by atoms with Crippen molar-refractivity contribution in [3.63, 3.8) is 0 Å². The maximum absolute atomic E-state index is 10.4. The Hall–Kier alpha value is -1.04. The van der Waals surface area contributed by atoms with Gasteiger partial charge in [-0.1, -0.05) is 62.2 Å². The third-order valence-corrected chi connectivity index (χ3v) is 10.6. The average Bonchev–Trinajstić information content (AvgIpc) is 2.62. The molecule has 1 N–H and O–H groups in total. The second kappa shape index (κ2) is 9.64. The van der Waals surface area contributed by atoms with Crippen molar-refractivity contribution in [3.8, 4) is 5.75 Å². The van der Waals surface area contributed by atoms with Gasteiger partial charge in [0, 0.05) is 6.61 Å². The van der Waals surface area contributed by atoms with Crippen molar-refractivity contribution >= 4 is 31.5 Å². The summed E-state index contributed by atoms with van der Waals surface area (Å²) >= 11 is 11.9. The van der Waals surface area contributed by atoms with Crippen LogP contribution in [0.2, 0.25) is 28.2 Å². The number of halogens is 2. The molecule has 0 bridgehead atoms. The Morgan fingerprint density at radius 1 is 1.00 bits per heavy atom. The molecule has 0 aliphatic heterocycles. The minimum atomic E-state index is -1.78. The number of aliphatic hydroxyl groups excluding tert-OH is 1. The molecule has 2 rings (SSSR count). The monoisotopic (exact) mass is 440 g/mol. The molecule has 6 heteroatoms. The van der Waals surface area contributed by atoms with Crippen molar-refractivity contribution in [2.24, 2.45) is 0 Å². The molecule has 0 fully saturated rings. The van der Waals surface area contributed by atoms with Crippen LogP contribution in [0.4, 0.5) is 0 Å². The summed E-state index contributed by atoms with van der Waals surface area (Å²) in [6.45, 7) is 12.1. The van der Waals surface area contributed by atoms with Crippen LogP contribution in [0.25, 0.3) is 0 Å². The molecule has 28 heavy (non-hydrogen) atoms. The van der Waals surface area contributed by atoms with Gasteiger partial charge < -0.3 is 14.3 Å². The predicted molar refractivity (Wildman–Crippen MR) is 120 cm³/mol. The lowest BCUT2D eigenvalue weighted by molar-refractivity contribution is 0.136. The molecule has 154 valence electrons. The third kappa shape index (κ3) is 6.50. The fraction of sp³-hybridized carbons (Fsp3) is 0.455. The Morgan fingerprint density at radius 3 is 2.21 bits per heavy atom. The van der Waals surface area contributed by atoms with E-state index in [0.717, 1.165) is 16.9 Å². The zero-order valence-corrected chi connectivity index (χ0v) is 19.8. The van der Waals surface area contributed by atoms with E-state index in [1.54, 1.807) is 12.1 Å². The molecule has 2 aromatic carbocycles. The number of benzene rings is 2. The van der Waals surface area contributed by atoms with Gasteiger partial charge in [0.05, 0.1) is 16.1 Å². The van der Waals surface area contributed by atoms with Crippen molar-refractivity contribution in [2.45, 2.75) is 58.0 Å². The van der Waals surface area contributed by atoms with E-state index in [-0.39, 0.29) is 5.04 Å². The zero-order chi connectivity index (χ0) is 20.9. The SMILES string of the molecule is CC(C)(C)[Si](C)(C)OCCC(O)c1ccc(OCc2ccc(Cl)c(Cl)c2)cc1. The quantitative estimate of drug-likeness (QED) is 0.448. The van der Waals surface area contributed by atoms with Crippen molar-refractivity contribution < 1.29 is 14.3 Å². The van der Waals surface area contributed by atoms with E-state index < -0.39 is 14.4 Å². The number of hydrogen-bond acceptors (Lipinski definition) is 3. The standard InChI is InChI=1S/C22H30Cl2O3Si/c1-22(2,3)28(4,5)27-13-12-21(25)17-7-9-18(10-8-17)26-15-16-6-11-19(23)20(24)14-16/h6-11,14,21,25H,12-13,15H2,1-5H3. The smallest absolute Gasteiger partial charge is 0.191 e. The summed E-state index contributed by atoms with van der Waals surface area (Å²) in [4.78, 5) is 0. The minimum absolute atomic E-state index is 0.172. The summed E-state index contributed by atoms with van der Waals surface area (Å²) < 4.78 is 11.9. The maximum Gasteiger partial charge on any atom is 0.191 e. The normalized spacial score (nSPS) is 13.4.